The second-order valence-electron chi connectivity index (χ2n) is 8.41. The maximum Gasteiger partial charge on any atom is 0.280 e. The summed E-state index contributed by atoms with van der Waals surface area (Å²) in [6, 6.07) is 14.1. The molecule has 0 saturated heterocycles. The van der Waals surface area contributed by atoms with Crippen molar-refractivity contribution >= 4 is 34.1 Å². The molecule has 6 rings (SSSR count). The first-order chi connectivity index (χ1) is 17.5. The predicted octanol–water partition coefficient (Wildman–Crippen LogP) is 4.22. The summed E-state index contributed by atoms with van der Waals surface area (Å²) in [6.07, 6.45) is 3.76. The van der Waals surface area contributed by atoms with Gasteiger partial charge >= 0.3 is 0 Å². The molecule has 0 unspecified atom stereocenters. The van der Waals surface area contributed by atoms with Crippen LogP contribution in [0.2, 0.25) is 5.02 Å². The quantitative estimate of drug-likeness (QED) is 0.397. The number of carbonyl (C=O) groups is 1. The first-order valence-corrected chi connectivity index (χ1v) is 11.7. The van der Waals surface area contributed by atoms with Gasteiger partial charge in [-0.1, -0.05) is 23.7 Å². The molecule has 36 heavy (non-hydrogen) atoms. The normalized spacial score (nSPS) is 13.1. The van der Waals surface area contributed by atoms with E-state index in [9.17, 15) is 9.59 Å². The number of aromatic nitrogens is 4. The smallest absolute Gasteiger partial charge is 0.280 e. The molecule has 0 bridgehead atoms. The minimum absolute atomic E-state index is 0.309. The van der Waals surface area contributed by atoms with Gasteiger partial charge in [0, 0.05) is 35.0 Å². The Kier molecular flexibility index (Phi) is 5.34. The number of fused-ring (bicyclic) bond motifs is 4. The highest BCUT2D eigenvalue weighted by molar-refractivity contribution is 6.30. The van der Waals surface area contributed by atoms with E-state index in [1.165, 1.54) is 12.4 Å². The van der Waals surface area contributed by atoms with Gasteiger partial charge in [-0.25, -0.2) is 14.2 Å². The maximum atomic E-state index is 13.2. The zero-order valence-electron chi connectivity index (χ0n) is 19.2. The van der Waals surface area contributed by atoms with Crippen molar-refractivity contribution < 1.29 is 14.3 Å². The van der Waals surface area contributed by atoms with Crippen LogP contribution in [-0.4, -0.2) is 38.4 Å². The lowest BCUT2D eigenvalue weighted by atomic mass is 10.1. The first kappa shape index (κ1) is 22.1. The molecule has 0 saturated carbocycles. The van der Waals surface area contributed by atoms with Crippen molar-refractivity contribution in [1.29, 1.82) is 0 Å². The van der Waals surface area contributed by atoms with Gasteiger partial charge in [-0.3, -0.25) is 15.0 Å². The molecule has 0 radical (unpaired) electrons. The van der Waals surface area contributed by atoms with E-state index in [1.807, 2.05) is 25.1 Å². The van der Waals surface area contributed by atoms with Crippen molar-refractivity contribution in [2.24, 2.45) is 0 Å². The molecule has 1 aliphatic rings. The fourth-order valence-corrected chi connectivity index (χ4v) is 4.51. The Balaban J connectivity index is 1.37. The molecule has 0 atom stereocenters. The number of benzene rings is 2. The summed E-state index contributed by atoms with van der Waals surface area (Å²) in [5.41, 5.74) is 6.21. The predicted molar refractivity (Wildman–Crippen MR) is 136 cm³/mol. The fourth-order valence-electron chi connectivity index (χ4n) is 4.32. The lowest BCUT2D eigenvalue weighted by Crippen LogP contribution is -2.33. The summed E-state index contributed by atoms with van der Waals surface area (Å²) in [5, 5.41) is 5.54. The van der Waals surface area contributed by atoms with Gasteiger partial charge in [0.15, 0.2) is 17.1 Å². The summed E-state index contributed by atoms with van der Waals surface area (Å²) >= 11 is 6.19. The molecule has 3 aromatic heterocycles. The van der Waals surface area contributed by atoms with Gasteiger partial charge in [0.2, 0.25) is 0 Å². The summed E-state index contributed by atoms with van der Waals surface area (Å²) in [7, 11) is 0. The number of hydrogen-bond acceptors (Lipinski definition) is 6. The zero-order valence-corrected chi connectivity index (χ0v) is 20.0. The number of pyridine rings is 1. The molecular weight excluding hydrogens is 482 g/mol. The Labute approximate surface area is 209 Å². The van der Waals surface area contributed by atoms with Gasteiger partial charge in [-0.05, 0) is 48.9 Å². The topological polar surface area (TPSA) is 99.8 Å². The number of carbonyl (C=O) groups excluding carboxylic acids is 1. The van der Waals surface area contributed by atoms with Crippen LogP contribution in [0.4, 0.5) is 0 Å². The Bertz CT molecular complexity index is 1730. The molecule has 0 fully saturated rings. The van der Waals surface area contributed by atoms with Crippen LogP contribution in [0.1, 0.15) is 22.5 Å². The van der Waals surface area contributed by atoms with Crippen LogP contribution < -0.4 is 20.5 Å². The van der Waals surface area contributed by atoms with Crippen molar-refractivity contribution in [2.45, 2.75) is 13.3 Å². The van der Waals surface area contributed by atoms with Crippen LogP contribution in [0.15, 0.2) is 65.7 Å². The number of nitrogens with one attached hydrogen (secondary N) is 1. The number of hydrogen-bond donors (Lipinski definition) is 1. The van der Waals surface area contributed by atoms with Gasteiger partial charge in [0.1, 0.15) is 0 Å². The monoisotopic (exact) mass is 501 g/mol. The number of halogens is 1. The fraction of sp³-hybridized carbons (Fsp3) is 0.154. The van der Waals surface area contributed by atoms with Gasteiger partial charge in [0.25, 0.3) is 11.5 Å². The van der Waals surface area contributed by atoms with Crippen LogP contribution >= 0.6 is 11.6 Å². The third-order valence-electron chi connectivity index (χ3n) is 6.03. The lowest BCUT2D eigenvalue weighted by molar-refractivity contribution is 0.101. The number of ether oxygens (including phenoxy) is 2. The third-order valence-corrected chi connectivity index (χ3v) is 6.27. The molecule has 5 aromatic rings. The van der Waals surface area contributed by atoms with E-state index >= 15 is 0 Å². The van der Waals surface area contributed by atoms with E-state index in [4.69, 9.17) is 21.1 Å². The molecule has 9 nitrogen and oxygen atoms in total. The average Bonchev–Trinajstić information content (AvgIpc) is 3.04. The summed E-state index contributed by atoms with van der Waals surface area (Å²) in [4.78, 5) is 30.7. The molecule has 1 N–H and O–H groups in total. The highest BCUT2D eigenvalue weighted by atomic mass is 35.5. The summed E-state index contributed by atoms with van der Waals surface area (Å²) < 4.78 is 14.0. The number of amides is 1. The van der Waals surface area contributed by atoms with Crippen LogP contribution in [0.3, 0.4) is 0 Å². The van der Waals surface area contributed by atoms with Crippen LogP contribution in [0.25, 0.3) is 27.7 Å². The molecule has 1 amide bonds. The molecule has 10 heteroatoms. The average molecular weight is 502 g/mol. The largest absolute Gasteiger partial charge is 0.490 e. The van der Waals surface area contributed by atoms with Crippen molar-refractivity contribution in [3.05, 3.63) is 87.6 Å². The van der Waals surface area contributed by atoms with Crippen LogP contribution in [-0.2, 0) is 0 Å². The lowest BCUT2D eigenvalue weighted by Gasteiger charge is -2.12. The second-order valence-corrected chi connectivity index (χ2v) is 8.84. The number of nitrogens with zero attached hydrogens (tertiary/aromatic N) is 4. The minimum Gasteiger partial charge on any atom is -0.490 e. The first-order valence-electron chi connectivity index (χ1n) is 11.4. The highest BCUT2D eigenvalue weighted by Crippen LogP contribution is 2.31. The molecule has 4 heterocycles. The van der Waals surface area contributed by atoms with E-state index < -0.39 is 11.5 Å². The maximum absolute atomic E-state index is 13.2. The Morgan fingerprint density at radius 2 is 1.92 bits per heavy atom. The van der Waals surface area contributed by atoms with Crippen molar-refractivity contribution in [2.75, 3.05) is 18.6 Å². The number of rotatable bonds is 3. The van der Waals surface area contributed by atoms with E-state index in [1.54, 1.807) is 34.8 Å². The molecule has 2 aromatic carbocycles. The second kappa shape index (κ2) is 8.69. The third kappa shape index (κ3) is 3.74. The van der Waals surface area contributed by atoms with Crippen molar-refractivity contribution in [1.82, 2.24) is 19.3 Å². The van der Waals surface area contributed by atoms with E-state index in [-0.39, 0.29) is 0 Å². The van der Waals surface area contributed by atoms with Crippen LogP contribution in [0.5, 0.6) is 11.5 Å². The standard InChI is InChI=1S/C26H20ClN5O4/c1-15-23(16-4-2-5-18(27)12-16)24-28-14-19-20(32(24)29-15)8-9-31(26(19)34)30-25(33)17-6-7-21-22(13-17)36-11-3-10-35-21/h2,4-9,12-14H,3,10-11H2,1H3,(H,30,33). The van der Waals surface area contributed by atoms with Crippen molar-refractivity contribution in [3.63, 3.8) is 0 Å². The summed E-state index contributed by atoms with van der Waals surface area (Å²) in [6.45, 7) is 2.95. The Morgan fingerprint density at radius 1 is 1.08 bits per heavy atom. The Morgan fingerprint density at radius 3 is 2.75 bits per heavy atom. The van der Waals surface area contributed by atoms with Gasteiger partial charge in [-0.15, -0.1) is 0 Å². The van der Waals surface area contributed by atoms with Crippen molar-refractivity contribution in [3.8, 4) is 22.6 Å². The van der Waals surface area contributed by atoms with Crippen LogP contribution in [0, 0.1) is 6.92 Å². The molecule has 0 spiro atoms. The minimum atomic E-state index is -0.459. The molecular formula is C26H20ClN5O4. The van der Waals surface area contributed by atoms with E-state index in [0.717, 1.165) is 27.9 Å². The van der Waals surface area contributed by atoms with Gasteiger partial charge in [0.05, 0.1) is 29.8 Å². The highest BCUT2D eigenvalue weighted by Gasteiger charge is 2.18. The molecule has 0 aliphatic carbocycles. The van der Waals surface area contributed by atoms with E-state index in [0.29, 0.717) is 51.8 Å². The molecule has 1 aliphatic heterocycles. The zero-order chi connectivity index (χ0) is 24.8. The van der Waals surface area contributed by atoms with Gasteiger partial charge < -0.3 is 9.47 Å². The van der Waals surface area contributed by atoms with Gasteiger partial charge in [-0.2, -0.15) is 5.10 Å². The Hall–Kier alpha value is -4.37. The van der Waals surface area contributed by atoms with E-state index in [2.05, 4.69) is 15.5 Å². The number of aryl methyl sites for hydroxylation is 1. The summed E-state index contributed by atoms with van der Waals surface area (Å²) in [5.74, 6) is 0.634. The molecule has 180 valence electrons. The SMILES string of the molecule is Cc1nn2c(ncc3c(=O)n(NC(=O)c4ccc5c(c4)OCCCO5)ccc32)c1-c1cccc(Cl)c1.